The van der Waals surface area contributed by atoms with Gasteiger partial charge in [-0.1, -0.05) is 6.92 Å². The minimum atomic E-state index is -3.98. The fourth-order valence-electron chi connectivity index (χ4n) is 5.13. The standard InChI is InChI=1S/C33H50N4O8S/c1-22(2)34-33(40)36(6)20-31-23(3)19-37(24(4)21-38)32(39)29-18-26(11-16-30(29)45-25(5)10-8-9-17-44-31)35-46(41,42)28-14-12-27(43-7)13-15-28/h11-16,18,22-25,31,35,38H,8-10,17,19-21H2,1-7H3,(H,34,40)/t23-,24-,25-,31+/m1/s1. The van der Waals surface area contributed by atoms with Gasteiger partial charge in [0.2, 0.25) is 0 Å². The van der Waals surface area contributed by atoms with Gasteiger partial charge in [0.15, 0.2) is 0 Å². The van der Waals surface area contributed by atoms with Gasteiger partial charge in [-0.05, 0) is 89.4 Å². The highest BCUT2D eigenvalue weighted by atomic mass is 32.2. The van der Waals surface area contributed by atoms with Crippen LogP contribution in [0.4, 0.5) is 10.5 Å². The van der Waals surface area contributed by atoms with Crippen molar-refractivity contribution in [3.63, 3.8) is 0 Å². The van der Waals surface area contributed by atoms with Crippen molar-refractivity contribution in [1.29, 1.82) is 0 Å². The summed E-state index contributed by atoms with van der Waals surface area (Å²) in [5, 5.41) is 13.1. The van der Waals surface area contributed by atoms with Crippen molar-refractivity contribution in [2.75, 3.05) is 45.2 Å². The molecule has 46 heavy (non-hydrogen) atoms. The number of ether oxygens (including phenoxy) is 3. The number of likely N-dealkylation sites (N-methyl/N-ethyl adjacent to an activating group) is 1. The van der Waals surface area contributed by atoms with Crippen molar-refractivity contribution in [3.8, 4) is 11.5 Å². The largest absolute Gasteiger partial charge is 0.497 e. The smallest absolute Gasteiger partial charge is 0.317 e. The summed E-state index contributed by atoms with van der Waals surface area (Å²) < 4.78 is 46.7. The predicted molar refractivity (Wildman–Crippen MR) is 177 cm³/mol. The first-order chi connectivity index (χ1) is 21.7. The number of sulfonamides is 1. The lowest BCUT2D eigenvalue weighted by Gasteiger charge is -2.36. The summed E-state index contributed by atoms with van der Waals surface area (Å²) in [6.45, 7) is 10.1. The third-order valence-corrected chi connectivity index (χ3v) is 9.28. The Hall–Kier alpha value is -3.55. The molecule has 3 N–H and O–H groups in total. The number of methoxy groups -OCH3 is 1. The number of carbonyl (C=O) groups is 2. The van der Waals surface area contributed by atoms with E-state index >= 15 is 0 Å². The first-order valence-electron chi connectivity index (χ1n) is 15.8. The molecule has 2 aromatic carbocycles. The molecule has 0 aliphatic carbocycles. The fraction of sp³-hybridized carbons (Fsp3) is 0.576. The van der Waals surface area contributed by atoms with Crippen LogP contribution >= 0.6 is 0 Å². The van der Waals surface area contributed by atoms with E-state index in [9.17, 15) is 23.1 Å². The summed E-state index contributed by atoms with van der Waals surface area (Å²) in [4.78, 5) is 30.2. The second-order valence-electron chi connectivity index (χ2n) is 12.3. The number of carbonyl (C=O) groups excluding carboxylic acids is 2. The van der Waals surface area contributed by atoms with E-state index in [-0.39, 0.29) is 59.5 Å². The highest BCUT2D eigenvalue weighted by Gasteiger charge is 2.31. The Bertz CT molecular complexity index is 1400. The zero-order valence-electron chi connectivity index (χ0n) is 28.0. The van der Waals surface area contributed by atoms with Crippen LogP contribution in [-0.4, -0.2) is 100 Å². The van der Waals surface area contributed by atoms with Crippen LogP contribution in [-0.2, 0) is 14.8 Å². The molecule has 256 valence electrons. The van der Waals surface area contributed by atoms with Crippen molar-refractivity contribution in [1.82, 2.24) is 15.1 Å². The third-order valence-electron chi connectivity index (χ3n) is 7.89. The highest BCUT2D eigenvalue weighted by molar-refractivity contribution is 7.92. The van der Waals surface area contributed by atoms with Gasteiger partial charge >= 0.3 is 6.03 Å². The van der Waals surface area contributed by atoms with E-state index < -0.39 is 22.0 Å². The number of urea groups is 1. The number of nitrogens with one attached hydrogen (secondary N) is 2. The summed E-state index contributed by atoms with van der Waals surface area (Å²) >= 11 is 0. The van der Waals surface area contributed by atoms with Gasteiger partial charge in [0.05, 0.1) is 42.4 Å². The zero-order chi connectivity index (χ0) is 34.0. The van der Waals surface area contributed by atoms with Crippen molar-refractivity contribution in [2.45, 2.75) is 83.1 Å². The van der Waals surface area contributed by atoms with Crippen molar-refractivity contribution in [2.24, 2.45) is 5.92 Å². The quantitative estimate of drug-likeness (QED) is 0.360. The fourth-order valence-corrected chi connectivity index (χ4v) is 6.18. The molecule has 0 bridgehead atoms. The maximum atomic E-state index is 14.3. The summed E-state index contributed by atoms with van der Waals surface area (Å²) in [7, 11) is -0.777. The van der Waals surface area contributed by atoms with Gasteiger partial charge in [0, 0.05) is 44.4 Å². The van der Waals surface area contributed by atoms with Gasteiger partial charge in [-0.15, -0.1) is 0 Å². The maximum absolute atomic E-state index is 14.3. The number of aliphatic hydroxyl groups is 1. The molecule has 0 radical (unpaired) electrons. The monoisotopic (exact) mass is 662 g/mol. The topological polar surface area (TPSA) is 147 Å². The number of hydrogen-bond acceptors (Lipinski definition) is 8. The van der Waals surface area contributed by atoms with Crippen LogP contribution in [0, 0.1) is 5.92 Å². The van der Waals surface area contributed by atoms with Crippen LogP contribution in [0.3, 0.4) is 0 Å². The molecule has 0 aromatic heterocycles. The average molecular weight is 663 g/mol. The summed E-state index contributed by atoms with van der Waals surface area (Å²) in [5.41, 5.74) is 0.348. The van der Waals surface area contributed by atoms with Gasteiger partial charge in [-0.3, -0.25) is 9.52 Å². The molecule has 12 nitrogen and oxygen atoms in total. The molecule has 0 fully saturated rings. The first kappa shape index (κ1) is 36.9. The predicted octanol–water partition coefficient (Wildman–Crippen LogP) is 4.34. The molecule has 3 amide bonds. The molecular formula is C33H50N4O8S. The first-order valence-corrected chi connectivity index (χ1v) is 17.3. The molecular weight excluding hydrogens is 612 g/mol. The molecule has 0 saturated heterocycles. The number of hydrogen-bond donors (Lipinski definition) is 3. The summed E-state index contributed by atoms with van der Waals surface area (Å²) in [6.07, 6.45) is 1.69. The van der Waals surface area contributed by atoms with E-state index in [1.54, 1.807) is 48.0 Å². The van der Waals surface area contributed by atoms with Gasteiger partial charge < -0.3 is 34.4 Å². The molecule has 4 atom stereocenters. The molecule has 1 heterocycles. The Kier molecular flexibility index (Phi) is 13.5. The Morgan fingerprint density at radius 3 is 2.46 bits per heavy atom. The Labute approximate surface area is 273 Å². The lowest BCUT2D eigenvalue weighted by Crippen LogP contribution is -2.49. The minimum Gasteiger partial charge on any atom is -0.497 e. The van der Waals surface area contributed by atoms with E-state index in [0.29, 0.717) is 31.1 Å². The van der Waals surface area contributed by atoms with Crippen LogP contribution < -0.4 is 19.5 Å². The van der Waals surface area contributed by atoms with Crippen molar-refractivity contribution < 1.29 is 37.3 Å². The van der Waals surface area contributed by atoms with Crippen LogP contribution in [0.2, 0.25) is 0 Å². The molecule has 1 aliphatic rings. The number of aliphatic hydroxyl groups excluding tert-OH is 1. The number of nitrogens with zero attached hydrogens (tertiary/aromatic N) is 2. The summed E-state index contributed by atoms with van der Waals surface area (Å²) in [5.74, 6) is 0.188. The molecule has 1 aliphatic heterocycles. The number of fused-ring (bicyclic) bond motifs is 1. The Balaban J connectivity index is 1.98. The van der Waals surface area contributed by atoms with Gasteiger partial charge in [-0.2, -0.15) is 0 Å². The molecule has 13 heteroatoms. The van der Waals surface area contributed by atoms with Crippen LogP contribution in [0.5, 0.6) is 11.5 Å². The van der Waals surface area contributed by atoms with Gasteiger partial charge in [-0.25, -0.2) is 13.2 Å². The van der Waals surface area contributed by atoms with E-state index in [1.807, 2.05) is 27.7 Å². The van der Waals surface area contributed by atoms with Crippen molar-refractivity contribution >= 4 is 27.6 Å². The third kappa shape index (κ3) is 10.2. The average Bonchev–Trinajstić information content (AvgIpc) is 3.01. The Morgan fingerprint density at radius 2 is 1.83 bits per heavy atom. The molecule has 0 unspecified atom stereocenters. The number of anilines is 1. The SMILES string of the molecule is COc1ccc(S(=O)(=O)Nc2ccc3c(c2)C(=O)N([C@H](C)CO)C[C@@H](C)[C@H](CN(C)C(=O)NC(C)C)OCCCC[C@@H](C)O3)cc1. The van der Waals surface area contributed by atoms with E-state index in [2.05, 4.69) is 10.0 Å². The molecule has 0 saturated carbocycles. The number of rotatable bonds is 9. The maximum Gasteiger partial charge on any atom is 0.317 e. The van der Waals surface area contributed by atoms with E-state index in [0.717, 1.165) is 12.8 Å². The zero-order valence-corrected chi connectivity index (χ0v) is 28.8. The molecule has 2 aromatic rings. The van der Waals surface area contributed by atoms with Crippen LogP contribution in [0.15, 0.2) is 47.4 Å². The van der Waals surface area contributed by atoms with Gasteiger partial charge in [0.25, 0.3) is 15.9 Å². The van der Waals surface area contributed by atoms with Gasteiger partial charge in [0.1, 0.15) is 11.5 Å². The second-order valence-corrected chi connectivity index (χ2v) is 14.0. The lowest BCUT2D eigenvalue weighted by atomic mass is 10.0. The van der Waals surface area contributed by atoms with Crippen LogP contribution in [0.25, 0.3) is 0 Å². The molecule has 0 spiro atoms. The van der Waals surface area contributed by atoms with Crippen molar-refractivity contribution in [3.05, 3.63) is 48.0 Å². The lowest BCUT2D eigenvalue weighted by molar-refractivity contribution is -0.0122. The molecule has 3 rings (SSSR count). The van der Waals surface area contributed by atoms with Crippen LogP contribution in [0.1, 0.15) is 64.2 Å². The Morgan fingerprint density at radius 1 is 1.13 bits per heavy atom. The minimum absolute atomic E-state index is 0.0225. The van der Waals surface area contributed by atoms with E-state index in [1.165, 1.54) is 25.3 Å². The highest BCUT2D eigenvalue weighted by Crippen LogP contribution is 2.30. The number of amides is 3. The second kappa shape index (κ2) is 16.8. The van der Waals surface area contributed by atoms with E-state index in [4.69, 9.17) is 14.2 Å². The number of benzene rings is 2. The normalized spacial score (nSPS) is 20.6. The summed E-state index contributed by atoms with van der Waals surface area (Å²) in [6, 6.07) is 9.79.